The number of aryl methyl sites for hydroxylation is 3. The van der Waals surface area contributed by atoms with E-state index in [1.807, 2.05) is 51.1 Å². The van der Waals surface area contributed by atoms with Gasteiger partial charge in [0.25, 0.3) is 5.91 Å². The van der Waals surface area contributed by atoms with Gasteiger partial charge in [0.15, 0.2) is 28.2 Å². The summed E-state index contributed by atoms with van der Waals surface area (Å²) in [7, 11) is 1.43. The number of benzene rings is 3. The highest BCUT2D eigenvalue weighted by molar-refractivity contribution is 7.99. The maximum atomic E-state index is 14.2. The van der Waals surface area contributed by atoms with Crippen LogP contribution in [-0.4, -0.2) is 51.4 Å². The van der Waals surface area contributed by atoms with Gasteiger partial charge in [-0.2, -0.15) is 0 Å². The molecule has 0 saturated carbocycles. The Morgan fingerprint density at radius 1 is 1.00 bits per heavy atom. The minimum atomic E-state index is -1.09. The fourth-order valence-electron chi connectivity index (χ4n) is 4.78. The summed E-state index contributed by atoms with van der Waals surface area (Å²) in [5, 5.41) is 13.7. The molecule has 2 N–H and O–H groups in total. The molecular formula is C32H32N4O6S. The van der Waals surface area contributed by atoms with Crippen LogP contribution in [0.3, 0.4) is 0 Å². The molecule has 1 aliphatic rings. The molecule has 222 valence electrons. The van der Waals surface area contributed by atoms with Gasteiger partial charge in [0.05, 0.1) is 12.9 Å². The Kier molecular flexibility index (Phi) is 9.01. The first kappa shape index (κ1) is 29.7. The van der Waals surface area contributed by atoms with E-state index in [1.165, 1.54) is 29.8 Å². The molecule has 0 bridgehead atoms. The molecule has 0 fully saturated rings. The third-order valence-corrected chi connectivity index (χ3v) is 7.76. The predicted molar refractivity (Wildman–Crippen MR) is 163 cm³/mol. The summed E-state index contributed by atoms with van der Waals surface area (Å²) >= 11 is 1.21. The van der Waals surface area contributed by atoms with Gasteiger partial charge < -0.3 is 29.5 Å². The van der Waals surface area contributed by atoms with Gasteiger partial charge in [-0.25, -0.2) is 9.97 Å². The first-order valence-electron chi connectivity index (χ1n) is 13.6. The SMILES string of the molecule is COc1cc([C@H](C(=O)Nc2ccc3c(c2)OCO3)N(Cc2ccccc2C)C(=O)CSc2nc(C)cc(C)n2)ccc1O. The number of rotatable bonds is 10. The molecule has 43 heavy (non-hydrogen) atoms. The molecule has 1 aromatic heterocycles. The lowest BCUT2D eigenvalue weighted by atomic mass is 10.0. The van der Waals surface area contributed by atoms with Crippen LogP contribution in [-0.2, 0) is 16.1 Å². The number of nitrogens with zero attached hydrogens (tertiary/aromatic N) is 3. The summed E-state index contributed by atoms with van der Waals surface area (Å²) in [4.78, 5) is 38.7. The smallest absolute Gasteiger partial charge is 0.251 e. The van der Waals surface area contributed by atoms with Gasteiger partial charge in [0, 0.05) is 29.7 Å². The Bertz CT molecular complexity index is 1640. The number of carbonyl (C=O) groups excluding carboxylic acids is 2. The van der Waals surface area contributed by atoms with Crippen molar-refractivity contribution in [2.45, 2.75) is 38.5 Å². The third-order valence-electron chi connectivity index (χ3n) is 6.93. The Hall–Kier alpha value is -4.77. The first-order chi connectivity index (χ1) is 20.7. The van der Waals surface area contributed by atoms with Crippen molar-refractivity contribution in [2.24, 2.45) is 0 Å². The molecule has 0 spiro atoms. The van der Waals surface area contributed by atoms with Crippen molar-refractivity contribution in [2.75, 3.05) is 25.0 Å². The van der Waals surface area contributed by atoms with Crippen LogP contribution in [0.1, 0.15) is 34.1 Å². The number of phenols is 1. The molecule has 0 radical (unpaired) electrons. The van der Waals surface area contributed by atoms with Crippen molar-refractivity contribution in [3.05, 3.63) is 94.8 Å². The number of hydrogen-bond donors (Lipinski definition) is 2. The monoisotopic (exact) mass is 600 g/mol. The summed E-state index contributed by atoms with van der Waals surface area (Å²) < 4.78 is 16.2. The highest BCUT2D eigenvalue weighted by Gasteiger charge is 2.33. The number of ether oxygens (including phenoxy) is 3. The minimum Gasteiger partial charge on any atom is -0.504 e. The van der Waals surface area contributed by atoms with Crippen LogP contribution in [0.25, 0.3) is 0 Å². The van der Waals surface area contributed by atoms with Gasteiger partial charge in [-0.15, -0.1) is 0 Å². The molecule has 2 heterocycles. The highest BCUT2D eigenvalue weighted by Crippen LogP contribution is 2.36. The topological polar surface area (TPSA) is 123 Å². The first-order valence-corrected chi connectivity index (χ1v) is 14.6. The van der Waals surface area contributed by atoms with Crippen molar-refractivity contribution in [3.63, 3.8) is 0 Å². The molecule has 4 aromatic rings. The minimum absolute atomic E-state index is 0.00219. The van der Waals surface area contributed by atoms with Crippen LogP contribution in [0.5, 0.6) is 23.0 Å². The average Bonchev–Trinajstić information content (AvgIpc) is 3.45. The molecule has 0 unspecified atom stereocenters. The molecule has 0 saturated heterocycles. The average molecular weight is 601 g/mol. The van der Waals surface area contributed by atoms with Gasteiger partial charge >= 0.3 is 0 Å². The zero-order valence-corrected chi connectivity index (χ0v) is 25.1. The van der Waals surface area contributed by atoms with Crippen molar-refractivity contribution >= 4 is 29.3 Å². The molecule has 10 nitrogen and oxygen atoms in total. The van der Waals surface area contributed by atoms with Crippen molar-refractivity contribution in [1.29, 1.82) is 0 Å². The second kappa shape index (κ2) is 13.0. The zero-order valence-electron chi connectivity index (χ0n) is 24.3. The van der Waals surface area contributed by atoms with Gasteiger partial charge in [0.1, 0.15) is 6.04 Å². The lowest BCUT2D eigenvalue weighted by Gasteiger charge is -2.32. The van der Waals surface area contributed by atoms with E-state index in [0.717, 1.165) is 22.5 Å². The van der Waals surface area contributed by atoms with Gasteiger partial charge in [-0.05, 0) is 67.8 Å². The molecule has 3 aromatic carbocycles. The van der Waals surface area contributed by atoms with Crippen LogP contribution in [0.4, 0.5) is 5.69 Å². The number of phenolic OH excluding ortho intramolecular Hbond substituents is 1. The second-order valence-electron chi connectivity index (χ2n) is 10.1. The maximum absolute atomic E-state index is 14.2. The summed E-state index contributed by atoms with van der Waals surface area (Å²) in [6, 6.07) is 18.2. The highest BCUT2D eigenvalue weighted by atomic mass is 32.2. The van der Waals surface area contributed by atoms with Crippen molar-refractivity contribution in [1.82, 2.24) is 14.9 Å². The number of nitrogens with one attached hydrogen (secondary N) is 1. The van der Waals surface area contributed by atoms with Gasteiger partial charge in [-0.1, -0.05) is 42.1 Å². The van der Waals surface area contributed by atoms with Crippen LogP contribution >= 0.6 is 11.8 Å². The molecule has 1 atom stereocenters. The fourth-order valence-corrected chi connectivity index (χ4v) is 5.62. The number of amides is 2. The Morgan fingerprint density at radius 2 is 1.74 bits per heavy atom. The number of fused-ring (bicyclic) bond motifs is 1. The standard InChI is InChI=1S/C32H32N4O6S/c1-19-7-5-6-8-23(19)16-36(29(38)17-43-32-33-20(2)13-21(3)34-32)30(22-9-11-25(37)27(14-22)40-4)31(39)35-24-10-12-26-28(15-24)42-18-41-26/h5-15,30,37H,16-18H2,1-4H3,(H,35,39)/t30-/m1/s1. The van der Waals surface area contributed by atoms with E-state index in [-0.39, 0.29) is 36.5 Å². The van der Waals surface area contributed by atoms with Crippen LogP contribution < -0.4 is 19.5 Å². The number of thioether (sulfide) groups is 1. The van der Waals surface area contributed by atoms with E-state index in [2.05, 4.69) is 15.3 Å². The van der Waals surface area contributed by atoms with E-state index in [0.29, 0.717) is 27.9 Å². The molecule has 5 rings (SSSR count). The normalized spacial score (nSPS) is 12.5. The lowest BCUT2D eigenvalue weighted by molar-refractivity contribution is -0.137. The Balaban J connectivity index is 1.53. The van der Waals surface area contributed by atoms with Crippen LogP contribution in [0.15, 0.2) is 71.9 Å². The fraction of sp³-hybridized carbons (Fsp3) is 0.250. The second-order valence-corrected chi connectivity index (χ2v) is 11.0. The van der Waals surface area contributed by atoms with E-state index < -0.39 is 11.9 Å². The summed E-state index contributed by atoms with van der Waals surface area (Å²) in [6.45, 7) is 5.96. The molecule has 11 heteroatoms. The van der Waals surface area contributed by atoms with Crippen LogP contribution in [0, 0.1) is 20.8 Å². The quantitative estimate of drug-likeness (QED) is 0.183. The Labute approximate surface area is 254 Å². The maximum Gasteiger partial charge on any atom is 0.251 e. The van der Waals surface area contributed by atoms with E-state index in [4.69, 9.17) is 14.2 Å². The van der Waals surface area contributed by atoms with E-state index in [1.54, 1.807) is 30.3 Å². The molecule has 1 aliphatic heterocycles. The van der Waals surface area contributed by atoms with E-state index >= 15 is 0 Å². The lowest BCUT2D eigenvalue weighted by Crippen LogP contribution is -2.42. The number of anilines is 1. The summed E-state index contributed by atoms with van der Waals surface area (Å²) in [5.41, 5.74) is 4.40. The van der Waals surface area contributed by atoms with Gasteiger partial charge in [-0.3, -0.25) is 9.59 Å². The summed E-state index contributed by atoms with van der Waals surface area (Å²) in [6.07, 6.45) is 0. The van der Waals surface area contributed by atoms with Crippen LogP contribution in [0.2, 0.25) is 0 Å². The number of carbonyl (C=O) groups is 2. The molecule has 0 aliphatic carbocycles. The summed E-state index contributed by atoms with van der Waals surface area (Å²) in [5.74, 6) is 0.436. The molecule has 2 amide bonds. The van der Waals surface area contributed by atoms with E-state index in [9.17, 15) is 14.7 Å². The van der Waals surface area contributed by atoms with Gasteiger partial charge in [0.2, 0.25) is 12.7 Å². The number of hydrogen-bond acceptors (Lipinski definition) is 9. The van der Waals surface area contributed by atoms with Crippen molar-refractivity contribution < 1.29 is 28.9 Å². The molecular weight excluding hydrogens is 568 g/mol. The number of aromatic nitrogens is 2. The zero-order chi connectivity index (χ0) is 30.5. The largest absolute Gasteiger partial charge is 0.504 e. The number of methoxy groups -OCH3 is 1. The number of aromatic hydroxyl groups is 1. The van der Waals surface area contributed by atoms with Crippen molar-refractivity contribution in [3.8, 4) is 23.0 Å². The predicted octanol–water partition coefficient (Wildman–Crippen LogP) is 5.35. The third kappa shape index (κ3) is 7.00. The Morgan fingerprint density at radius 3 is 2.49 bits per heavy atom.